The predicted octanol–water partition coefficient (Wildman–Crippen LogP) is 2.78. The van der Waals surface area contributed by atoms with Crippen LogP contribution in [0.5, 0.6) is 0 Å². The van der Waals surface area contributed by atoms with Gasteiger partial charge in [-0.25, -0.2) is 4.79 Å². The van der Waals surface area contributed by atoms with Crippen molar-refractivity contribution in [1.82, 2.24) is 0 Å². The highest BCUT2D eigenvalue weighted by atomic mass is 16.6. The van der Waals surface area contributed by atoms with E-state index in [2.05, 4.69) is 6.92 Å². The van der Waals surface area contributed by atoms with E-state index in [1.165, 1.54) is 0 Å². The van der Waals surface area contributed by atoms with Gasteiger partial charge in [-0.3, -0.25) is 0 Å². The lowest BCUT2D eigenvalue weighted by molar-refractivity contribution is -0.145. The molecular weight excluding hydrogens is 216 g/mol. The van der Waals surface area contributed by atoms with Crippen LogP contribution in [-0.2, 0) is 14.3 Å². The Balaban J connectivity index is 1.88. The molecular formula is C14H18O3. The van der Waals surface area contributed by atoms with Crippen LogP contribution in [-0.4, -0.2) is 18.7 Å². The number of benzene rings is 1. The second-order valence-corrected chi connectivity index (χ2v) is 4.35. The van der Waals surface area contributed by atoms with Gasteiger partial charge in [-0.15, -0.1) is 0 Å². The molecule has 0 N–H and O–H groups in total. The maximum Gasteiger partial charge on any atom is 0.338 e. The number of hydrogen-bond acceptors (Lipinski definition) is 3. The summed E-state index contributed by atoms with van der Waals surface area (Å²) >= 11 is 0. The van der Waals surface area contributed by atoms with Crippen molar-refractivity contribution in [2.45, 2.75) is 38.9 Å². The van der Waals surface area contributed by atoms with Crippen LogP contribution in [0.3, 0.4) is 0 Å². The first kappa shape index (κ1) is 12.1. The van der Waals surface area contributed by atoms with Gasteiger partial charge < -0.3 is 9.47 Å². The number of carbonyl (C=O) groups is 1. The number of unbranched alkanes of at least 4 members (excludes halogenated alkanes) is 1. The average molecular weight is 234 g/mol. The highest BCUT2D eigenvalue weighted by Crippen LogP contribution is 2.40. The van der Waals surface area contributed by atoms with Gasteiger partial charge in [0.15, 0.2) is 6.10 Å². The van der Waals surface area contributed by atoms with Crippen molar-refractivity contribution in [1.29, 1.82) is 0 Å². The van der Waals surface area contributed by atoms with Gasteiger partial charge in [0, 0.05) is 0 Å². The standard InChI is InChI=1S/C14H18O3/c1-3-4-9-16-14(15)13-12(17-13)11-8-6-5-7-10(11)2/h5-8,12-13H,3-4,9H2,1-2H3/t12-,13+/m1/s1. The molecule has 3 nitrogen and oxygen atoms in total. The van der Waals surface area contributed by atoms with E-state index in [9.17, 15) is 4.79 Å². The molecule has 0 amide bonds. The molecule has 0 spiro atoms. The van der Waals surface area contributed by atoms with Crippen LogP contribution in [0.1, 0.15) is 37.0 Å². The third kappa shape index (κ3) is 2.86. The molecule has 0 unspecified atom stereocenters. The van der Waals surface area contributed by atoms with Crippen LogP contribution >= 0.6 is 0 Å². The van der Waals surface area contributed by atoms with E-state index in [1.807, 2.05) is 31.2 Å². The highest BCUT2D eigenvalue weighted by Gasteiger charge is 2.47. The third-order valence-electron chi connectivity index (χ3n) is 2.96. The molecule has 3 heteroatoms. The predicted molar refractivity (Wildman–Crippen MR) is 64.7 cm³/mol. The molecule has 1 fully saturated rings. The van der Waals surface area contributed by atoms with Crippen molar-refractivity contribution in [3.63, 3.8) is 0 Å². The Hall–Kier alpha value is -1.35. The summed E-state index contributed by atoms with van der Waals surface area (Å²) in [7, 11) is 0. The zero-order valence-electron chi connectivity index (χ0n) is 10.3. The minimum Gasteiger partial charge on any atom is -0.464 e. The highest BCUT2D eigenvalue weighted by molar-refractivity contribution is 5.78. The van der Waals surface area contributed by atoms with Gasteiger partial charge in [-0.2, -0.15) is 0 Å². The van der Waals surface area contributed by atoms with Crippen LogP contribution in [0.15, 0.2) is 24.3 Å². The molecule has 1 saturated heterocycles. The van der Waals surface area contributed by atoms with Gasteiger partial charge >= 0.3 is 5.97 Å². The zero-order chi connectivity index (χ0) is 12.3. The number of aryl methyl sites for hydroxylation is 1. The summed E-state index contributed by atoms with van der Waals surface area (Å²) in [6.07, 6.45) is 1.44. The number of hydrogen-bond donors (Lipinski definition) is 0. The Bertz CT molecular complexity index is 400. The molecule has 1 aromatic carbocycles. The van der Waals surface area contributed by atoms with Crippen LogP contribution in [0.25, 0.3) is 0 Å². The summed E-state index contributed by atoms with van der Waals surface area (Å²) in [6, 6.07) is 7.97. The Morgan fingerprint density at radius 1 is 1.41 bits per heavy atom. The van der Waals surface area contributed by atoms with Crippen LogP contribution < -0.4 is 0 Å². The first-order chi connectivity index (χ1) is 8.24. The van der Waals surface area contributed by atoms with Gasteiger partial charge in [-0.1, -0.05) is 37.6 Å². The van der Waals surface area contributed by atoms with E-state index in [4.69, 9.17) is 9.47 Å². The summed E-state index contributed by atoms with van der Waals surface area (Å²) in [5.41, 5.74) is 2.24. The average Bonchev–Trinajstić information content (AvgIpc) is 3.10. The van der Waals surface area contributed by atoms with Crippen molar-refractivity contribution in [3.05, 3.63) is 35.4 Å². The van der Waals surface area contributed by atoms with E-state index >= 15 is 0 Å². The van der Waals surface area contributed by atoms with Crippen LogP contribution in [0, 0.1) is 6.92 Å². The minimum absolute atomic E-state index is 0.106. The monoisotopic (exact) mass is 234 g/mol. The zero-order valence-corrected chi connectivity index (χ0v) is 10.3. The Morgan fingerprint density at radius 2 is 2.18 bits per heavy atom. The number of rotatable bonds is 5. The largest absolute Gasteiger partial charge is 0.464 e. The molecule has 0 radical (unpaired) electrons. The molecule has 1 aliphatic rings. The summed E-state index contributed by atoms with van der Waals surface area (Å²) < 4.78 is 10.5. The minimum atomic E-state index is -0.395. The van der Waals surface area contributed by atoms with Gasteiger partial charge in [-0.05, 0) is 24.5 Å². The number of epoxide rings is 1. The van der Waals surface area contributed by atoms with E-state index in [0.29, 0.717) is 6.61 Å². The van der Waals surface area contributed by atoms with Crippen molar-refractivity contribution in [2.24, 2.45) is 0 Å². The van der Waals surface area contributed by atoms with Crippen molar-refractivity contribution in [2.75, 3.05) is 6.61 Å². The van der Waals surface area contributed by atoms with Crippen molar-refractivity contribution >= 4 is 5.97 Å². The third-order valence-corrected chi connectivity index (χ3v) is 2.96. The number of ether oxygens (including phenoxy) is 2. The lowest BCUT2D eigenvalue weighted by Gasteiger charge is -2.02. The fraction of sp³-hybridized carbons (Fsp3) is 0.500. The molecule has 1 aromatic rings. The molecule has 0 saturated carbocycles. The quantitative estimate of drug-likeness (QED) is 0.447. The van der Waals surface area contributed by atoms with E-state index in [-0.39, 0.29) is 12.1 Å². The lowest BCUT2D eigenvalue weighted by Crippen LogP contribution is -2.13. The van der Waals surface area contributed by atoms with Gasteiger partial charge in [0.2, 0.25) is 0 Å². The molecule has 1 aliphatic heterocycles. The Morgan fingerprint density at radius 3 is 2.88 bits per heavy atom. The summed E-state index contributed by atoms with van der Waals surface area (Å²) in [5, 5.41) is 0. The summed E-state index contributed by atoms with van der Waals surface area (Å²) in [4.78, 5) is 11.6. The van der Waals surface area contributed by atoms with Crippen LogP contribution in [0.4, 0.5) is 0 Å². The topological polar surface area (TPSA) is 38.8 Å². The first-order valence-corrected chi connectivity index (χ1v) is 6.11. The maximum atomic E-state index is 11.6. The Labute approximate surface area is 102 Å². The normalized spacial score (nSPS) is 22.2. The van der Waals surface area contributed by atoms with Crippen LogP contribution in [0.2, 0.25) is 0 Å². The second kappa shape index (κ2) is 5.32. The number of esters is 1. The fourth-order valence-corrected chi connectivity index (χ4v) is 1.83. The fourth-order valence-electron chi connectivity index (χ4n) is 1.83. The molecule has 2 atom stereocenters. The van der Waals surface area contributed by atoms with Gasteiger partial charge in [0.1, 0.15) is 6.10 Å². The SMILES string of the molecule is CCCCOC(=O)[C@H]1O[C@@H]1c1ccccc1C. The van der Waals surface area contributed by atoms with Crippen molar-refractivity contribution < 1.29 is 14.3 Å². The maximum absolute atomic E-state index is 11.6. The van der Waals surface area contributed by atoms with E-state index in [1.54, 1.807) is 0 Å². The Kier molecular flexibility index (Phi) is 3.79. The molecule has 0 bridgehead atoms. The molecule has 0 aromatic heterocycles. The number of carbonyl (C=O) groups excluding carboxylic acids is 1. The van der Waals surface area contributed by atoms with E-state index in [0.717, 1.165) is 24.0 Å². The van der Waals surface area contributed by atoms with E-state index < -0.39 is 6.10 Å². The molecule has 2 rings (SSSR count). The second-order valence-electron chi connectivity index (χ2n) is 4.35. The molecule has 92 valence electrons. The van der Waals surface area contributed by atoms with Gasteiger partial charge in [0.05, 0.1) is 6.61 Å². The van der Waals surface area contributed by atoms with Gasteiger partial charge in [0.25, 0.3) is 0 Å². The van der Waals surface area contributed by atoms with Crippen molar-refractivity contribution in [3.8, 4) is 0 Å². The smallest absolute Gasteiger partial charge is 0.338 e. The molecule has 1 heterocycles. The summed E-state index contributed by atoms with van der Waals surface area (Å²) in [5.74, 6) is -0.230. The molecule has 0 aliphatic carbocycles. The molecule has 17 heavy (non-hydrogen) atoms. The lowest BCUT2D eigenvalue weighted by atomic mass is 10.0. The first-order valence-electron chi connectivity index (χ1n) is 6.11. The summed E-state index contributed by atoms with van der Waals surface area (Å²) in [6.45, 7) is 4.59.